The van der Waals surface area contributed by atoms with E-state index in [0.29, 0.717) is 53.4 Å². The molecule has 0 radical (unpaired) electrons. The fourth-order valence-electron chi connectivity index (χ4n) is 7.32. The maximum Gasteiger partial charge on any atom is 0.280 e. The highest BCUT2D eigenvalue weighted by Crippen LogP contribution is 2.33. The van der Waals surface area contributed by atoms with Gasteiger partial charge in [0.15, 0.2) is 5.13 Å². The van der Waals surface area contributed by atoms with Gasteiger partial charge in [0.05, 0.1) is 6.20 Å². The highest BCUT2D eigenvalue weighted by molar-refractivity contribution is 7.97. The Hall–Kier alpha value is -4.82. The molecule has 0 atom stereocenters. The summed E-state index contributed by atoms with van der Waals surface area (Å²) in [5.74, 6) is 1.20. The third kappa shape index (κ3) is 8.71. The molecule has 1 aliphatic carbocycles. The van der Waals surface area contributed by atoms with Gasteiger partial charge >= 0.3 is 0 Å². The molecule has 0 bridgehead atoms. The van der Waals surface area contributed by atoms with Crippen LogP contribution in [0.15, 0.2) is 54.9 Å². The van der Waals surface area contributed by atoms with Gasteiger partial charge in [0.2, 0.25) is 5.91 Å². The average Bonchev–Trinajstić information content (AvgIpc) is 3.75. The highest BCUT2D eigenvalue weighted by atomic mass is 32.2. The summed E-state index contributed by atoms with van der Waals surface area (Å²) in [7, 11) is 0. The van der Waals surface area contributed by atoms with Crippen LogP contribution in [-0.2, 0) is 24.3 Å². The Morgan fingerprint density at radius 2 is 1.85 bits per heavy atom. The molecule has 2 aliphatic rings. The fourth-order valence-corrected chi connectivity index (χ4v) is 8.80. The Labute approximate surface area is 317 Å². The Bertz CT molecular complexity index is 2070. The van der Waals surface area contributed by atoms with Gasteiger partial charge in [-0.1, -0.05) is 61.1 Å². The van der Waals surface area contributed by atoms with Crippen LogP contribution in [0.3, 0.4) is 0 Å². The van der Waals surface area contributed by atoms with E-state index in [9.17, 15) is 14.4 Å². The van der Waals surface area contributed by atoms with Crippen molar-refractivity contribution in [3.8, 4) is 11.1 Å². The minimum absolute atomic E-state index is 0.224. The SMILES string of the molecule is Cc1c(-c2ccc(N3CCc4cccc(C(=O)Nc5nc6cccnc6s5)c4C3)nc2C(=O)NSCCCCCC(N)=O)cnn1CC1CCCCC1. The summed E-state index contributed by atoms with van der Waals surface area (Å²) >= 11 is 2.69. The summed E-state index contributed by atoms with van der Waals surface area (Å²) in [5.41, 5.74) is 11.6. The van der Waals surface area contributed by atoms with Gasteiger partial charge in [0.1, 0.15) is 21.9 Å². The van der Waals surface area contributed by atoms with Crippen molar-refractivity contribution in [1.29, 1.82) is 0 Å². The lowest BCUT2D eigenvalue weighted by atomic mass is 9.89. The first-order valence-electron chi connectivity index (χ1n) is 18.5. The molecule has 0 unspecified atom stereocenters. The molecule has 1 fully saturated rings. The number of nitrogens with zero attached hydrogens (tertiary/aromatic N) is 6. The molecular formula is C39H45N9O3S2. The molecule has 12 nitrogen and oxygen atoms in total. The van der Waals surface area contributed by atoms with Gasteiger partial charge in [-0.25, -0.2) is 15.0 Å². The zero-order chi connectivity index (χ0) is 36.7. The zero-order valence-corrected chi connectivity index (χ0v) is 31.6. The van der Waals surface area contributed by atoms with Crippen molar-refractivity contribution in [3.63, 3.8) is 0 Å². The van der Waals surface area contributed by atoms with Crippen LogP contribution in [0.25, 0.3) is 21.5 Å². The van der Waals surface area contributed by atoms with E-state index >= 15 is 0 Å². The Kier molecular flexibility index (Phi) is 11.6. The van der Waals surface area contributed by atoms with Gasteiger partial charge < -0.3 is 10.6 Å². The lowest BCUT2D eigenvalue weighted by Gasteiger charge is -2.31. The molecule has 0 spiro atoms. The quantitative estimate of drug-likeness (QED) is 0.0796. The van der Waals surface area contributed by atoms with Crippen molar-refractivity contribution < 1.29 is 14.4 Å². The van der Waals surface area contributed by atoms with E-state index in [-0.39, 0.29) is 17.7 Å². The molecule has 5 heterocycles. The first-order chi connectivity index (χ1) is 25.8. The predicted molar refractivity (Wildman–Crippen MR) is 211 cm³/mol. The van der Waals surface area contributed by atoms with E-state index in [1.54, 1.807) is 6.20 Å². The Balaban J connectivity index is 1.12. The van der Waals surface area contributed by atoms with Gasteiger partial charge in [-0.2, -0.15) is 5.10 Å². The molecule has 14 heteroatoms. The third-order valence-electron chi connectivity index (χ3n) is 10.2. The van der Waals surface area contributed by atoms with Crippen molar-refractivity contribution >= 4 is 62.3 Å². The van der Waals surface area contributed by atoms with Crippen LogP contribution >= 0.6 is 23.3 Å². The minimum atomic E-state index is -0.291. The second kappa shape index (κ2) is 16.9. The predicted octanol–water partition coefficient (Wildman–Crippen LogP) is 7.08. The molecule has 4 aromatic heterocycles. The fraction of sp³-hybridized carbons (Fsp3) is 0.410. The number of nitrogens with two attached hydrogens (primary N) is 1. The standard InChI is InChI=1S/C39H45N9O3S2/c1-25-30(22-42-48(25)23-26-10-4-2-5-11-26)28-16-17-34(44-35(28)37(51)46-52-21-7-3-6-15-33(40)49)47-20-18-27-12-8-13-29(31(27)24-47)36(50)45-39-43-32-14-9-19-41-38(32)53-39/h8-9,12-14,16-17,19,22,26H,2-7,10-11,15,18,20-21,23-24H2,1H3,(H2,40,49)(H,46,51)(H,43,45,50). The number of carbonyl (C=O) groups is 3. The van der Waals surface area contributed by atoms with Crippen molar-refractivity contribution in [2.24, 2.45) is 11.7 Å². The maximum absolute atomic E-state index is 13.9. The number of pyridine rings is 2. The average molecular weight is 752 g/mol. The topological polar surface area (TPSA) is 161 Å². The summed E-state index contributed by atoms with van der Waals surface area (Å²) in [6.07, 6.45) is 13.4. The van der Waals surface area contributed by atoms with E-state index in [2.05, 4.69) is 42.6 Å². The number of unbranched alkanes of at least 4 members (excludes halogenated alkanes) is 2. The van der Waals surface area contributed by atoms with Crippen LogP contribution in [0.1, 0.15) is 95.5 Å². The zero-order valence-electron chi connectivity index (χ0n) is 30.0. The van der Waals surface area contributed by atoms with Gasteiger partial charge in [-0.05, 0) is 86.4 Å². The number of fused-ring (bicyclic) bond motifs is 2. The summed E-state index contributed by atoms with van der Waals surface area (Å²) in [4.78, 5) is 55.4. The Morgan fingerprint density at radius 1 is 0.981 bits per heavy atom. The van der Waals surface area contributed by atoms with E-state index < -0.39 is 0 Å². The van der Waals surface area contributed by atoms with Crippen LogP contribution in [0.4, 0.5) is 10.9 Å². The van der Waals surface area contributed by atoms with Crippen LogP contribution in [0.5, 0.6) is 0 Å². The maximum atomic E-state index is 13.9. The van der Waals surface area contributed by atoms with Crippen molar-refractivity contribution in [3.05, 3.63) is 82.9 Å². The van der Waals surface area contributed by atoms with Gasteiger partial charge in [-0.15, -0.1) is 0 Å². The van der Waals surface area contributed by atoms with E-state index in [4.69, 9.17) is 15.8 Å². The first kappa shape index (κ1) is 36.5. The monoisotopic (exact) mass is 751 g/mol. The van der Waals surface area contributed by atoms with Crippen molar-refractivity contribution in [2.45, 2.75) is 84.2 Å². The van der Waals surface area contributed by atoms with Gasteiger partial charge in [-0.3, -0.25) is 29.1 Å². The molecule has 1 aromatic carbocycles. The van der Waals surface area contributed by atoms with E-state index in [1.165, 1.54) is 55.4 Å². The minimum Gasteiger partial charge on any atom is -0.370 e. The molecule has 4 N–H and O–H groups in total. The number of carbonyl (C=O) groups excluding carboxylic acids is 3. The number of nitrogens with one attached hydrogen (secondary N) is 2. The summed E-state index contributed by atoms with van der Waals surface area (Å²) in [5, 5.41) is 8.26. The number of thiazole rings is 1. The van der Waals surface area contributed by atoms with Crippen molar-refractivity contribution in [1.82, 2.24) is 29.5 Å². The van der Waals surface area contributed by atoms with Crippen LogP contribution in [-0.4, -0.2) is 54.8 Å². The number of anilines is 2. The normalized spacial score (nSPS) is 14.6. The van der Waals surface area contributed by atoms with Gasteiger partial charge in [0, 0.05) is 60.4 Å². The molecule has 276 valence electrons. The molecule has 53 heavy (non-hydrogen) atoms. The first-order valence-corrected chi connectivity index (χ1v) is 20.3. The molecule has 0 saturated heterocycles. The van der Waals surface area contributed by atoms with Crippen molar-refractivity contribution in [2.75, 3.05) is 22.5 Å². The second-order valence-electron chi connectivity index (χ2n) is 13.9. The van der Waals surface area contributed by atoms with Crippen LogP contribution < -0.4 is 20.7 Å². The number of hydrogen-bond donors (Lipinski definition) is 3. The number of hydrogen-bond acceptors (Lipinski definition) is 10. The summed E-state index contributed by atoms with van der Waals surface area (Å²) < 4.78 is 5.10. The summed E-state index contributed by atoms with van der Waals surface area (Å²) in [6, 6.07) is 13.5. The Morgan fingerprint density at radius 3 is 2.68 bits per heavy atom. The second-order valence-corrected chi connectivity index (χ2v) is 15.7. The smallest absolute Gasteiger partial charge is 0.280 e. The lowest BCUT2D eigenvalue weighted by molar-refractivity contribution is -0.118. The number of aromatic nitrogens is 5. The third-order valence-corrected chi connectivity index (χ3v) is 11.9. The summed E-state index contributed by atoms with van der Waals surface area (Å²) in [6.45, 7) is 4.10. The molecule has 1 aliphatic heterocycles. The molecule has 3 amide bonds. The van der Waals surface area contributed by atoms with E-state index in [1.807, 2.05) is 42.6 Å². The number of benzene rings is 1. The van der Waals surface area contributed by atoms with Crippen LogP contribution in [0, 0.1) is 12.8 Å². The largest absolute Gasteiger partial charge is 0.370 e. The van der Waals surface area contributed by atoms with Crippen LogP contribution in [0.2, 0.25) is 0 Å². The number of amides is 3. The molecule has 5 aromatic rings. The van der Waals surface area contributed by atoms with E-state index in [0.717, 1.165) is 70.5 Å². The lowest BCUT2D eigenvalue weighted by Crippen LogP contribution is -2.33. The number of rotatable bonds is 14. The molecular weight excluding hydrogens is 707 g/mol. The highest BCUT2D eigenvalue weighted by Gasteiger charge is 2.26. The molecule has 1 saturated carbocycles. The van der Waals surface area contributed by atoms with Gasteiger partial charge in [0.25, 0.3) is 11.8 Å². The molecule has 7 rings (SSSR count). The number of primary amides is 1.